The second kappa shape index (κ2) is 11.9. The van der Waals surface area contributed by atoms with E-state index in [9.17, 15) is 10.2 Å². The summed E-state index contributed by atoms with van der Waals surface area (Å²) in [4.78, 5) is 0. The highest BCUT2D eigenvalue weighted by Crippen LogP contribution is 2.20. The summed E-state index contributed by atoms with van der Waals surface area (Å²) < 4.78 is 5.84. The van der Waals surface area contributed by atoms with Crippen molar-refractivity contribution in [3.05, 3.63) is 29.8 Å². The number of aliphatic hydroxyl groups excluding tert-OH is 2. The van der Waals surface area contributed by atoms with Crippen molar-refractivity contribution in [3.8, 4) is 5.75 Å². The molecule has 6 heteroatoms. The van der Waals surface area contributed by atoms with Gasteiger partial charge in [0.1, 0.15) is 5.75 Å². The van der Waals surface area contributed by atoms with Crippen molar-refractivity contribution in [2.45, 2.75) is 63.3 Å². The zero-order valence-corrected chi connectivity index (χ0v) is 17.8. The van der Waals surface area contributed by atoms with Gasteiger partial charge in [-0.15, -0.1) is 12.4 Å². The Labute approximate surface area is 160 Å². The molecule has 0 aliphatic rings. The van der Waals surface area contributed by atoms with Crippen LogP contribution in [0.3, 0.4) is 0 Å². The van der Waals surface area contributed by atoms with E-state index in [4.69, 9.17) is 10.5 Å². The zero-order chi connectivity index (χ0) is 18.1. The average molecular weight is 390 g/mol. The molecule has 0 fully saturated rings. The molecular weight excluding hydrogens is 354 g/mol. The molecule has 1 rings (SSSR count). The lowest BCUT2D eigenvalue weighted by Crippen LogP contribution is -2.47. The second-order valence-corrected chi connectivity index (χ2v) is 13.0. The molecule has 0 radical (unpaired) electrons. The number of ether oxygens (including phenoxy) is 1. The Balaban J connectivity index is 0.00000576. The van der Waals surface area contributed by atoms with Crippen molar-refractivity contribution in [2.24, 2.45) is 5.73 Å². The predicted molar refractivity (Wildman–Crippen MR) is 111 cm³/mol. The molecule has 0 aliphatic heterocycles. The maximum absolute atomic E-state index is 9.22. The fourth-order valence-corrected chi connectivity index (χ4v) is 5.60. The van der Waals surface area contributed by atoms with Crippen LogP contribution in [0, 0.1) is 0 Å². The van der Waals surface area contributed by atoms with Gasteiger partial charge in [-0.05, 0) is 37.0 Å². The number of benzene rings is 1. The summed E-state index contributed by atoms with van der Waals surface area (Å²) in [5.74, 6) is 0.900. The standard InChI is InChI=1S/C19H35NO3Si.ClH/c1-4-13-24(2,3)14-5-12-23-18-8-6-17(7-9-18)10-11-19(20,15-21)16-22;/h6-9,21-22H,4-5,10-16,20H2,1-3H3;1H. The first kappa shape index (κ1) is 24.4. The molecule has 1 aromatic rings. The molecule has 0 unspecified atom stereocenters. The van der Waals surface area contributed by atoms with E-state index >= 15 is 0 Å². The van der Waals surface area contributed by atoms with Gasteiger partial charge in [0.25, 0.3) is 0 Å². The number of hydrogen-bond acceptors (Lipinski definition) is 4. The van der Waals surface area contributed by atoms with Crippen LogP contribution in [0.15, 0.2) is 24.3 Å². The fourth-order valence-electron chi connectivity index (χ4n) is 2.90. The van der Waals surface area contributed by atoms with Gasteiger partial charge in [-0.2, -0.15) is 0 Å². The van der Waals surface area contributed by atoms with Crippen molar-refractivity contribution in [2.75, 3.05) is 19.8 Å². The molecule has 4 nitrogen and oxygen atoms in total. The molecule has 146 valence electrons. The first-order chi connectivity index (χ1) is 11.3. The Bertz CT molecular complexity index is 464. The molecule has 0 saturated carbocycles. The minimum absolute atomic E-state index is 0. The van der Waals surface area contributed by atoms with E-state index in [1.54, 1.807) is 0 Å². The first-order valence-electron chi connectivity index (χ1n) is 9.06. The molecule has 0 spiro atoms. The maximum Gasteiger partial charge on any atom is 0.119 e. The van der Waals surface area contributed by atoms with Crippen molar-refractivity contribution < 1.29 is 14.9 Å². The molecule has 0 aromatic heterocycles. The van der Waals surface area contributed by atoms with Crippen LogP contribution in [0.25, 0.3) is 0 Å². The van der Waals surface area contributed by atoms with Crippen LogP contribution >= 0.6 is 12.4 Å². The average Bonchev–Trinajstić information content (AvgIpc) is 2.57. The van der Waals surface area contributed by atoms with E-state index in [0.29, 0.717) is 6.42 Å². The summed E-state index contributed by atoms with van der Waals surface area (Å²) in [6, 6.07) is 10.7. The normalized spacial score (nSPS) is 11.9. The van der Waals surface area contributed by atoms with Crippen molar-refractivity contribution in [3.63, 3.8) is 0 Å². The van der Waals surface area contributed by atoms with Gasteiger partial charge in [0, 0.05) is 8.07 Å². The summed E-state index contributed by atoms with van der Waals surface area (Å²) in [7, 11) is -1.02. The lowest BCUT2D eigenvalue weighted by atomic mass is 9.94. The maximum atomic E-state index is 9.22. The molecule has 0 saturated heterocycles. The van der Waals surface area contributed by atoms with Gasteiger partial charge < -0.3 is 20.7 Å². The van der Waals surface area contributed by atoms with Crippen LogP contribution in [-0.2, 0) is 6.42 Å². The largest absolute Gasteiger partial charge is 0.494 e. The third-order valence-corrected chi connectivity index (χ3v) is 8.22. The Hall–Kier alpha value is -0.593. The Morgan fingerprint density at radius 3 is 2.20 bits per heavy atom. The van der Waals surface area contributed by atoms with E-state index < -0.39 is 13.6 Å². The van der Waals surface area contributed by atoms with Crippen LogP contribution in [-0.4, -0.2) is 43.6 Å². The van der Waals surface area contributed by atoms with E-state index in [1.807, 2.05) is 24.3 Å². The van der Waals surface area contributed by atoms with Crippen molar-refractivity contribution >= 4 is 20.5 Å². The van der Waals surface area contributed by atoms with Gasteiger partial charge in [0.2, 0.25) is 0 Å². The molecular formula is C19H36ClNO3Si. The zero-order valence-electron chi connectivity index (χ0n) is 16.0. The highest BCUT2D eigenvalue weighted by atomic mass is 35.5. The number of aryl methyl sites for hydroxylation is 1. The van der Waals surface area contributed by atoms with Gasteiger partial charge in [-0.25, -0.2) is 0 Å². The van der Waals surface area contributed by atoms with E-state index in [2.05, 4.69) is 20.0 Å². The molecule has 25 heavy (non-hydrogen) atoms. The van der Waals surface area contributed by atoms with E-state index in [1.165, 1.54) is 18.5 Å². The van der Waals surface area contributed by atoms with Crippen molar-refractivity contribution in [1.29, 1.82) is 0 Å². The quantitative estimate of drug-likeness (QED) is 0.377. The number of halogens is 1. The highest BCUT2D eigenvalue weighted by molar-refractivity contribution is 6.77. The molecule has 0 amide bonds. The molecule has 4 N–H and O–H groups in total. The lowest BCUT2D eigenvalue weighted by Gasteiger charge is -2.24. The summed E-state index contributed by atoms with van der Waals surface area (Å²) in [5, 5.41) is 18.4. The first-order valence-corrected chi connectivity index (χ1v) is 12.5. The lowest BCUT2D eigenvalue weighted by molar-refractivity contribution is 0.115. The second-order valence-electron chi connectivity index (χ2n) is 7.69. The Morgan fingerprint density at radius 2 is 1.68 bits per heavy atom. The van der Waals surface area contributed by atoms with Gasteiger partial charge in [0.15, 0.2) is 0 Å². The molecule has 1 aromatic carbocycles. The van der Waals surface area contributed by atoms with Crippen molar-refractivity contribution in [1.82, 2.24) is 0 Å². The highest BCUT2D eigenvalue weighted by Gasteiger charge is 2.22. The number of aliphatic hydroxyl groups is 2. The van der Waals surface area contributed by atoms with Gasteiger partial charge in [0.05, 0.1) is 25.4 Å². The summed E-state index contributed by atoms with van der Waals surface area (Å²) in [6.45, 7) is 7.55. The van der Waals surface area contributed by atoms with Gasteiger partial charge in [-0.3, -0.25) is 0 Å². The summed E-state index contributed by atoms with van der Waals surface area (Å²) >= 11 is 0. The summed E-state index contributed by atoms with van der Waals surface area (Å²) in [6.07, 6.45) is 3.70. The fraction of sp³-hybridized carbons (Fsp3) is 0.684. The molecule has 0 heterocycles. The van der Waals surface area contributed by atoms with Crippen LogP contribution in [0.5, 0.6) is 5.75 Å². The molecule has 0 atom stereocenters. The number of nitrogens with two attached hydrogens (primary N) is 1. The summed E-state index contributed by atoms with van der Waals surface area (Å²) in [5.41, 5.74) is 6.13. The Kier molecular flexibility index (Phi) is 11.6. The number of hydrogen-bond donors (Lipinski definition) is 3. The van der Waals surface area contributed by atoms with Crippen LogP contribution in [0.4, 0.5) is 0 Å². The van der Waals surface area contributed by atoms with Crippen LogP contribution in [0.1, 0.15) is 31.7 Å². The minimum atomic E-state index is -1.02. The van der Waals surface area contributed by atoms with Crippen LogP contribution < -0.4 is 10.5 Å². The van der Waals surface area contributed by atoms with Gasteiger partial charge >= 0.3 is 0 Å². The topological polar surface area (TPSA) is 75.7 Å². The monoisotopic (exact) mass is 389 g/mol. The molecule has 0 bridgehead atoms. The van der Waals surface area contributed by atoms with E-state index in [0.717, 1.165) is 30.8 Å². The number of rotatable bonds is 12. The SMILES string of the molecule is CCC[Si](C)(C)CCCOc1ccc(CCC(N)(CO)CO)cc1.Cl. The third kappa shape index (κ3) is 9.61. The molecule has 0 aliphatic carbocycles. The van der Waals surface area contributed by atoms with E-state index in [-0.39, 0.29) is 25.6 Å². The smallest absolute Gasteiger partial charge is 0.119 e. The van der Waals surface area contributed by atoms with Gasteiger partial charge in [-0.1, -0.05) is 50.7 Å². The predicted octanol–water partition coefficient (Wildman–Crippen LogP) is 3.61. The minimum Gasteiger partial charge on any atom is -0.494 e. The van der Waals surface area contributed by atoms with Crippen LogP contribution in [0.2, 0.25) is 25.2 Å². The Morgan fingerprint density at radius 1 is 1.08 bits per heavy atom. The third-order valence-electron chi connectivity index (χ3n) is 4.66.